The third kappa shape index (κ3) is 4.79. The molecule has 0 heterocycles. The maximum Gasteiger partial charge on any atom is 0.330 e. The van der Waals surface area contributed by atoms with Crippen molar-refractivity contribution >= 4 is 5.97 Å². The summed E-state index contributed by atoms with van der Waals surface area (Å²) in [4.78, 5) is 11.0. The minimum Gasteiger partial charge on any atom is -0.459 e. The molecule has 1 aliphatic rings. The second-order valence-corrected chi connectivity index (χ2v) is 4.26. The Bertz CT molecular complexity index is 217. The highest BCUT2D eigenvalue weighted by Crippen LogP contribution is 2.23. The lowest BCUT2D eigenvalue weighted by Gasteiger charge is -2.28. The standard InChI is InChI=1S/C13H22O3/c1-3-5-10-15-11-6-8-12(9-7-11)16-13(14)4-2/h4,11-12H,2-3,5-10H2,1H3. The highest BCUT2D eigenvalue weighted by atomic mass is 16.5. The van der Waals surface area contributed by atoms with Gasteiger partial charge in [0.1, 0.15) is 6.10 Å². The minimum absolute atomic E-state index is 0.0662. The molecule has 1 aliphatic carbocycles. The third-order valence-corrected chi connectivity index (χ3v) is 2.92. The van der Waals surface area contributed by atoms with Gasteiger partial charge in [0.05, 0.1) is 6.10 Å². The number of rotatable bonds is 6. The lowest BCUT2D eigenvalue weighted by molar-refractivity contribution is -0.145. The fraction of sp³-hybridized carbons (Fsp3) is 0.769. The molecule has 92 valence electrons. The Morgan fingerprint density at radius 2 is 1.94 bits per heavy atom. The lowest BCUT2D eigenvalue weighted by atomic mass is 9.95. The van der Waals surface area contributed by atoms with Crippen LogP contribution in [0.3, 0.4) is 0 Å². The SMILES string of the molecule is C=CC(=O)OC1CCC(OCCCC)CC1. The van der Waals surface area contributed by atoms with Crippen LogP contribution in [-0.2, 0) is 14.3 Å². The fourth-order valence-electron chi connectivity index (χ4n) is 1.92. The molecule has 1 rings (SSSR count). The number of carbonyl (C=O) groups excluding carboxylic acids is 1. The van der Waals surface area contributed by atoms with Crippen molar-refractivity contribution < 1.29 is 14.3 Å². The van der Waals surface area contributed by atoms with E-state index in [2.05, 4.69) is 13.5 Å². The van der Waals surface area contributed by atoms with Gasteiger partial charge in [-0.3, -0.25) is 0 Å². The summed E-state index contributed by atoms with van der Waals surface area (Å²) in [6.07, 6.45) is 7.79. The van der Waals surface area contributed by atoms with E-state index >= 15 is 0 Å². The Hall–Kier alpha value is -0.830. The summed E-state index contributed by atoms with van der Waals surface area (Å²) >= 11 is 0. The molecule has 0 saturated heterocycles. The smallest absolute Gasteiger partial charge is 0.330 e. The van der Waals surface area contributed by atoms with Crippen molar-refractivity contribution in [3.8, 4) is 0 Å². The predicted octanol–water partition coefficient (Wildman–Crippen LogP) is 2.84. The van der Waals surface area contributed by atoms with Crippen molar-refractivity contribution in [2.24, 2.45) is 0 Å². The summed E-state index contributed by atoms with van der Waals surface area (Å²) in [5, 5.41) is 0. The Morgan fingerprint density at radius 1 is 1.31 bits per heavy atom. The van der Waals surface area contributed by atoms with Gasteiger partial charge in [0.15, 0.2) is 0 Å². The summed E-state index contributed by atoms with van der Waals surface area (Å²) in [5.41, 5.74) is 0. The normalized spacial score (nSPS) is 25.1. The topological polar surface area (TPSA) is 35.5 Å². The molecule has 0 spiro atoms. The number of hydrogen-bond acceptors (Lipinski definition) is 3. The first-order chi connectivity index (χ1) is 7.76. The average molecular weight is 226 g/mol. The van der Waals surface area contributed by atoms with E-state index in [4.69, 9.17) is 9.47 Å². The molecule has 3 nitrogen and oxygen atoms in total. The highest BCUT2D eigenvalue weighted by molar-refractivity contribution is 5.81. The van der Waals surface area contributed by atoms with Crippen LogP contribution in [0.5, 0.6) is 0 Å². The van der Waals surface area contributed by atoms with Gasteiger partial charge >= 0.3 is 5.97 Å². The molecule has 1 saturated carbocycles. The molecule has 0 atom stereocenters. The molecule has 1 fully saturated rings. The van der Waals surface area contributed by atoms with Crippen LogP contribution >= 0.6 is 0 Å². The molecule has 0 N–H and O–H groups in total. The molecule has 16 heavy (non-hydrogen) atoms. The second-order valence-electron chi connectivity index (χ2n) is 4.26. The summed E-state index contributed by atoms with van der Waals surface area (Å²) < 4.78 is 10.9. The van der Waals surface area contributed by atoms with Crippen LogP contribution < -0.4 is 0 Å². The molecule has 0 bridgehead atoms. The first-order valence-corrected chi connectivity index (χ1v) is 6.21. The minimum atomic E-state index is -0.310. The van der Waals surface area contributed by atoms with Crippen LogP contribution in [0.1, 0.15) is 45.4 Å². The zero-order valence-electron chi connectivity index (χ0n) is 10.1. The summed E-state index contributed by atoms with van der Waals surface area (Å²) in [6.45, 7) is 6.41. The number of carbonyl (C=O) groups is 1. The largest absolute Gasteiger partial charge is 0.459 e. The number of unbranched alkanes of at least 4 members (excludes halogenated alkanes) is 1. The van der Waals surface area contributed by atoms with Crippen LogP contribution in [0.4, 0.5) is 0 Å². The van der Waals surface area contributed by atoms with Gasteiger partial charge in [0.25, 0.3) is 0 Å². The molecule has 0 aromatic carbocycles. The molecule has 0 aromatic heterocycles. The molecular weight excluding hydrogens is 204 g/mol. The Kier molecular flexibility index (Phi) is 6.16. The molecule has 3 heteroatoms. The number of hydrogen-bond donors (Lipinski definition) is 0. The maximum absolute atomic E-state index is 11.0. The van der Waals surface area contributed by atoms with Crippen LogP contribution in [0.25, 0.3) is 0 Å². The van der Waals surface area contributed by atoms with E-state index < -0.39 is 0 Å². The van der Waals surface area contributed by atoms with Crippen molar-refractivity contribution in [3.63, 3.8) is 0 Å². The van der Waals surface area contributed by atoms with E-state index in [-0.39, 0.29) is 12.1 Å². The van der Waals surface area contributed by atoms with Crippen molar-refractivity contribution in [2.75, 3.05) is 6.61 Å². The molecule has 0 aromatic rings. The highest BCUT2D eigenvalue weighted by Gasteiger charge is 2.23. The van der Waals surface area contributed by atoms with Crippen LogP contribution in [0.2, 0.25) is 0 Å². The van der Waals surface area contributed by atoms with Crippen molar-refractivity contribution in [2.45, 2.75) is 57.7 Å². The van der Waals surface area contributed by atoms with E-state index in [1.807, 2.05) is 0 Å². The van der Waals surface area contributed by atoms with E-state index in [1.165, 1.54) is 12.5 Å². The van der Waals surface area contributed by atoms with Crippen LogP contribution in [0, 0.1) is 0 Å². The quantitative estimate of drug-likeness (QED) is 0.397. The monoisotopic (exact) mass is 226 g/mol. The molecule has 0 radical (unpaired) electrons. The second kappa shape index (κ2) is 7.44. The van der Waals surface area contributed by atoms with Crippen LogP contribution in [-0.4, -0.2) is 24.8 Å². The Balaban J connectivity index is 2.13. The Morgan fingerprint density at radius 3 is 2.50 bits per heavy atom. The predicted molar refractivity (Wildman–Crippen MR) is 63.2 cm³/mol. The van der Waals surface area contributed by atoms with E-state index in [0.29, 0.717) is 6.10 Å². The third-order valence-electron chi connectivity index (χ3n) is 2.92. The summed E-state index contributed by atoms with van der Waals surface area (Å²) in [7, 11) is 0. The molecule has 0 unspecified atom stereocenters. The average Bonchev–Trinajstić information content (AvgIpc) is 2.31. The van der Waals surface area contributed by atoms with Crippen LogP contribution in [0.15, 0.2) is 12.7 Å². The summed E-state index contributed by atoms with van der Waals surface area (Å²) in [6, 6.07) is 0. The van der Waals surface area contributed by atoms with Gasteiger partial charge in [-0.1, -0.05) is 19.9 Å². The van der Waals surface area contributed by atoms with E-state index in [0.717, 1.165) is 38.7 Å². The number of ether oxygens (including phenoxy) is 2. The molecule has 0 amide bonds. The molecule has 0 aliphatic heterocycles. The van der Waals surface area contributed by atoms with E-state index in [9.17, 15) is 4.79 Å². The van der Waals surface area contributed by atoms with Gasteiger partial charge in [-0.25, -0.2) is 4.79 Å². The number of esters is 1. The lowest BCUT2D eigenvalue weighted by Crippen LogP contribution is -2.28. The van der Waals surface area contributed by atoms with Gasteiger partial charge in [-0.15, -0.1) is 0 Å². The maximum atomic E-state index is 11.0. The zero-order chi connectivity index (χ0) is 11.8. The van der Waals surface area contributed by atoms with Gasteiger partial charge in [0, 0.05) is 12.7 Å². The Labute approximate surface area is 97.8 Å². The molecular formula is C13H22O3. The van der Waals surface area contributed by atoms with Gasteiger partial charge in [-0.05, 0) is 32.1 Å². The van der Waals surface area contributed by atoms with Gasteiger partial charge in [-0.2, -0.15) is 0 Å². The van der Waals surface area contributed by atoms with E-state index in [1.54, 1.807) is 0 Å². The fourth-order valence-corrected chi connectivity index (χ4v) is 1.92. The first kappa shape index (κ1) is 13.2. The van der Waals surface area contributed by atoms with Gasteiger partial charge < -0.3 is 9.47 Å². The van der Waals surface area contributed by atoms with Crippen molar-refractivity contribution in [1.82, 2.24) is 0 Å². The zero-order valence-corrected chi connectivity index (χ0v) is 10.1. The van der Waals surface area contributed by atoms with Crippen molar-refractivity contribution in [1.29, 1.82) is 0 Å². The van der Waals surface area contributed by atoms with Gasteiger partial charge in [0.2, 0.25) is 0 Å². The summed E-state index contributed by atoms with van der Waals surface area (Å²) in [5.74, 6) is -0.310. The van der Waals surface area contributed by atoms with Crippen molar-refractivity contribution in [3.05, 3.63) is 12.7 Å². The first-order valence-electron chi connectivity index (χ1n) is 6.21.